The summed E-state index contributed by atoms with van der Waals surface area (Å²) < 4.78 is 14.1. The van der Waals surface area contributed by atoms with Gasteiger partial charge in [-0.1, -0.05) is 6.07 Å². The van der Waals surface area contributed by atoms with Crippen LogP contribution in [-0.2, 0) is 11.3 Å². The van der Waals surface area contributed by atoms with Gasteiger partial charge in [0.2, 0.25) is 5.91 Å². The normalized spacial score (nSPS) is 14.6. The Morgan fingerprint density at radius 2 is 2.05 bits per heavy atom. The quantitative estimate of drug-likeness (QED) is 0.761. The summed E-state index contributed by atoms with van der Waals surface area (Å²) in [5, 5.41) is 6.03. The maximum atomic E-state index is 14.1. The maximum Gasteiger partial charge on any atom is 0.221 e. The van der Waals surface area contributed by atoms with Gasteiger partial charge in [0.05, 0.1) is 0 Å². The number of carbonyl (C=O) groups excluding carboxylic acids is 1. The number of hydrogen-bond donors (Lipinski definition) is 2. The second-order valence-electron chi connectivity index (χ2n) is 6.08. The molecule has 0 aromatic heterocycles. The number of hydrogen-bond acceptors (Lipinski definition) is 3. The molecular formula is C17H26FN3O. The van der Waals surface area contributed by atoms with E-state index in [1.165, 1.54) is 18.9 Å². The number of halogens is 1. The number of anilines is 1. The van der Waals surface area contributed by atoms with Gasteiger partial charge in [-0.15, -0.1) is 0 Å². The highest BCUT2D eigenvalue weighted by molar-refractivity contribution is 5.76. The van der Waals surface area contributed by atoms with Gasteiger partial charge in [-0.3, -0.25) is 4.79 Å². The lowest BCUT2D eigenvalue weighted by Gasteiger charge is -2.22. The molecule has 1 saturated heterocycles. The van der Waals surface area contributed by atoms with E-state index in [-0.39, 0.29) is 17.8 Å². The van der Waals surface area contributed by atoms with E-state index in [1.807, 2.05) is 19.9 Å². The van der Waals surface area contributed by atoms with E-state index in [0.29, 0.717) is 25.1 Å². The minimum Gasteiger partial charge on any atom is -0.371 e. The van der Waals surface area contributed by atoms with Crippen LogP contribution in [0.4, 0.5) is 10.1 Å². The summed E-state index contributed by atoms with van der Waals surface area (Å²) in [6.07, 6.45) is 2.74. The highest BCUT2D eigenvalue weighted by Gasteiger charge is 2.17. The standard InChI is InChI=1S/C17H26FN3O/c1-13(2)20-17(22)8-9-19-12-14-15(18)6-5-7-16(14)21-10-3-4-11-21/h5-7,13,19H,3-4,8-12H2,1-2H3,(H,20,22). The molecule has 22 heavy (non-hydrogen) atoms. The van der Waals surface area contributed by atoms with Crippen LogP contribution in [0.5, 0.6) is 0 Å². The van der Waals surface area contributed by atoms with E-state index in [0.717, 1.165) is 18.8 Å². The minimum atomic E-state index is -0.177. The predicted molar refractivity (Wildman–Crippen MR) is 87.4 cm³/mol. The maximum absolute atomic E-state index is 14.1. The fraction of sp³-hybridized carbons (Fsp3) is 0.588. The monoisotopic (exact) mass is 307 g/mol. The van der Waals surface area contributed by atoms with Gasteiger partial charge in [0.25, 0.3) is 0 Å². The molecule has 1 amide bonds. The first-order valence-corrected chi connectivity index (χ1v) is 8.10. The molecule has 1 aliphatic rings. The van der Waals surface area contributed by atoms with Crippen molar-refractivity contribution in [3.63, 3.8) is 0 Å². The Labute approximate surface area is 132 Å². The first kappa shape index (κ1) is 16.7. The van der Waals surface area contributed by atoms with Crippen molar-refractivity contribution < 1.29 is 9.18 Å². The molecule has 1 aromatic carbocycles. The number of nitrogens with zero attached hydrogens (tertiary/aromatic N) is 1. The first-order chi connectivity index (χ1) is 10.6. The molecule has 0 spiro atoms. The smallest absolute Gasteiger partial charge is 0.221 e. The summed E-state index contributed by atoms with van der Waals surface area (Å²) in [5.41, 5.74) is 1.69. The van der Waals surface area contributed by atoms with E-state index >= 15 is 0 Å². The largest absolute Gasteiger partial charge is 0.371 e. The van der Waals surface area contributed by atoms with Crippen molar-refractivity contribution in [2.45, 2.75) is 45.7 Å². The van der Waals surface area contributed by atoms with Crippen molar-refractivity contribution in [3.05, 3.63) is 29.6 Å². The van der Waals surface area contributed by atoms with Crippen molar-refractivity contribution >= 4 is 11.6 Å². The van der Waals surface area contributed by atoms with Crippen molar-refractivity contribution in [2.24, 2.45) is 0 Å². The van der Waals surface area contributed by atoms with Crippen molar-refractivity contribution in [2.75, 3.05) is 24.5 Å². The van der Waals surface area contributed by atoms with Gasteiger partial charge in [-0.2, -0.15) is 0 Å². The highest BCUT2D eigenvalue weighted by Crippen LogP contribution is 2.26. The fourth-order valence-electron chi connectivity index (χ4n) is 2.79. The first-order valence-electron chi connectivity index (χ1n) is 8.10. The average molecular weight is 307 g/mol. The van der Waals surface area contributed by atoms with Crippen LogP contribution in [0.25, 0.3) is 0 Å². The van der Waals surface area contributed by atoms with E-state index in [9.17, 15) is 9.18 Å². The fourth-order valence-corrected chi connectivity index (χ4v) is 2.79. The minimum absolute atomic E-state index is 0.0239. The summed E-state index contributed by atoms with van der Waals surface area (Å²) >= 11 is 0. The molecule has 5 heteroatoms. The number of rotatable bonds is 7. The molecule has 0 radical (unpaired) electrons. The lowest BCUT2D eigenvalue weighted by atomic mass is 10.1. The van der Waals surface area contributed by atoms with Crippen LogP contribution in [0.15, 0.2) is 18.2 Å². The second-order valence-corrected chi connectivity index (χ2v) is 6.08. The Kier molecular flexibility index (Phi) is 6.19. The molecular weight excluding hydrogens is 281 g/mol. The van der Waals surface area contributed by atoms with Crippen LogP contribution in [0, 0.1) is 5.82 Å². The topological polar surface area (TPSA) is 44.4 Å². The summed E-state index contributed by atoms with van der Waals surface area (Å²) in [4.78, 5) is 13.8. The van der Waals surface area contributed by atoms with E-state index < -0.39 is 0 Å². The Hall–Kier alpha value is -1.62. The summed E-state index contributed by atoms with van der Waals surface area (Å²) in [5.74, 6) is -0.153. The zero-order valence-corrected chi connectivity index (χ0v) is 13.5. The van der Waals surface area contributed by atoms with Crippen LogP contribution in [0.2, 0.25) is 0 Å². The molecule has 0 unspecified atom stereocenters. The van der Waals surface area contributed by atoms with Gasteiger partial charge >= 0.3 is 0 Å². The highest BCUT2D eigenvalue weighted by atomic mass is 19.1. The lowest BCUT2D eigenvalue weighted by molar-refractivity contribution is -0.121. The number of amides is 1. The Morgan fingerprint density at radius 1 is 1.32 bits per heavy atom. The molecule has 2 N–H and O–H groups in total. The molecule has 0 aliphatic carbocycles. The molecule has 0 atom stereocenters. The van der Waals surface area contributed by atoms with Crippen LogP contribution in [0.3, 0.4) is 0 Å². The molecule has 122 valence electrons. The van der Waals surface area contributed by atoms with Gasteiger partial charge in [0, 0.05) is 49.9 Å². The predicted octanol–water partition coefficient (Wildman–Crippen LogP) is 2.43. The van der Waals surface area contributed by atoms with Gasteiger partial charge < -0.3 is 15.5 Å². The van der Waals surface area contributed by atoms with Gasteiger partial charge in [0.1, 0.15) is 5.82 Å². The van der Waals surface area contributed by atoms with Crippen LogP contribution >= 0.6 is 0 Å². The molecule has 0 saturated carbocycles. The number of carbonyl (C=O) groups is 1. The number of benzene rings is 1. The van der Waals surface area contributed by atoms with Crippen LogP contribution in [-0.4, -0.2) is 31.6 Å². The summed E-state index contributed by atoms with van der Waals surface area (Å²) in [7, 11) is 0. The van der Waals surface area contributed by atoms with E-state index in [1.54, 1.807) is 6.07 Å². The Morgan fingerprint density at radius 3 is 2.73 bits per heavy atom. The molecule has 1 heterocycles. The van der Waals surface area contributed by atoms with Gasteiger partial charge in [-0.05, 0) is 38.8 Å². The van der Waals surface area contributed by atoms with Gasteiger partial charge in [-0.25, -0.2) is 4.39 Å². The van der Waals surface area contributed by atoms with E-state index in [4.69, 9.17) is 0 Å². The van der Waals surface area contributed by atoms with Crippen LogP contribution < -0.4 is 15.5 Å². The molecule has 0 bridgehead atoms. The third-order valence-electron chi connectivity index (χ3n) is 3.82. The average Bonchev–Trinajstić information content (AvgIpc) is 2.98. The molecule has 1 aliphatic heterocycles. The van der Waals surface area contributed by atoms with Crippen LogP contribution in [0.1, 0.15) is 38.7 Å². The van der Waals surface area contributed by atoms with E-state index in [2.05, 4.69) is 15.5 Å². The molecule has 1 aromatic rings. The molecule has 2 rings (SSSR count). The Bertz CT molecular complexity index is 499. The van der Waals surface area contributed by atoms with Crippen molar-refractivity contribution in [1.29, 1.82) is 0 Å². The third kappa shape index (κ3) is 4.70. The zero-order valence-electron chi connectivity index (χ0n) is 13.5. The summed E-state index contributed by atoms with van der Waals surface area (Å²) in [6, 6.07) is 5.41. The zero-order chi connectivity index (χ0) is 15.9. The summed E-state index contributed by atoms with van der Waals surface area (Å²) in [6.45, 7) is 6.86. The van der Waals surface area contributed by atoms with Gasteiger partial charge in [0.15, 0.2) is 0 Å². The molecule has 4 nitrogen and oxygen atoms in total. The third-order valence-corrected chi connectivity index (χ3v) is 3.82. The van der Waals surface area contributed by atoms with Crippen molar-refractivity contribution in [3.8, 4) is 0 Å². The number of nitrogens with one attached hydrogen (secondary N) is 2. The lowest BCUT2D eigenvalue weighted by Crippen LogP contribution is -2.32. The Balaban J connectivity index is 1.88. The SMILES string of the molecule is CC(C)NC(=O)CCNCc1c(F)cccc1N1CCCC1. The second kappa shape index (κ2) is 8.13. The molecule has 1 fully saturated rings. The van der Waals surface area contributed by atoms with Crippen molar-refractivity contribution in [1.82, 2.24) is 10.6 Å².